The Kier molecular flexibility index (Phi) is 5.63. The van der Waals surface area contributed by atoms with E-state index in [4.69, 9.17) is 0 Å². The van der Waals surface area contributed by atoms with Crippen LogP contribution in [-0.4, -0.2) is 23.5 Å². The average Bonchev–Trinajstić information content (AvgIpc) is 2.29. The number of nitrogens with zero attached hydrogens (tertiary/aromatic N) is 1. The molecule has 0 aromatic carbocycles. The fraction of sp³-hybridized carbons (Fsp3) is 0.538. The Balaban J connectivity index is 2.31. The third kappa shape index (κ3) is 5.45. The molecule has 0 fully saturated rings. The number of hydrogen-bond acceptors (Lipinski definition) is 3. The summed E-state index contributed by atoms with van der Waals surface area (Å²) in [6.07, 6.45) is 3.98. The van der Waals surface area contributed by atoms with Crippen molar-refractivity contribution in [1.82, 2.24) is 15.6 Å². The van der Waals surface area contributed by atoms with Crippen molar-refractivity contribution in [3.05, 3.63) is 30.1 Å². The molecule has 0 saturated carbocycles. The van der Waals surface area contributed by atoms with Gasteiger partial charge < -0.3 is 10.6 Å². The van der Waals surface area contributed by atoms with Crippen LogP contribution in [0.25, 0.3) is 0 Å². The minimum absolute atomic E-state index is 0.0320. The summed E-state index contributed by atoms with van der Waals surface area (Å²) in [4.78, 5) is 15.6. The molecule has 0 saturated heterocycles. The van der Waals surface area contributed by atoms with Crippen LogP contribution in [0.2, 0.25) is 0 Å². The summed E-state index contributed by atoms with van der Waals surface area (Å²) in [6, 6.07) is 4.28. The van der Waals surface area contributed by atoms with Gasteiger partial charge in [-0.2, -0.15) is 0 Å². The molecule has 0 aliphatic heterocycles. The second-order valence-corrected chi connectivity index (χ2v) is 4.43. The van der Waals surface area contributed by atoms with E-state index in [1.165, 1.54) is 0 Å². The van der Waals surface area contributed by atoms with Crippen molar-refractivity contribution in [2.24, 2.45) is 0 Å². The van der Waals surface area contributed by atoms with Crippen molar-refractivity contribution in [3.8, 4) is 0 Å². The van der Waals surface area contributed by atoms with Crippen molar-refractivity contribution < 1.29 is 4.79 Å². The van der Waals surface area contributed by atoms with Crippen molar-refractivity contribution in [2.45, 2.75) is 39.3 Å². The first-order valence-corrected chi connectivity index (χ1v) is 6.02. The molecule has 1 aromatic rings. The maximum atomic E-state index is 11.6. The molecular formula is C13H21N3O. The molecule has 0 aliphatic rings. The number of nitrogens with one attached hydrogen (secondary N) is 2. The molecule has 4 nitrogen and oxygen atoms in total. The lowest BCUT2D eigenvalue weighted by Gasteiger charge is -2.14. The Bertz CT molecular complexity index is 338. The average molecular weight is 235 g/mol. The summed E-state index contributed by atoms with van der Waals surface area (Å²) in [6.45, 7) is 6.82. The molecule has 1 amide bonds. The molecule has 1 atom stereocenters. The molecule has 0 unspecified atom stereocenters. The van der Waals surface area contributed by atoms with Crippen molar-refractivity contribution in [1.29, 1.82) is 0 Å². The monoisotopic (exact) mass is 235 g/mol. The molecule has 1 heterocycles. The van der Waals surface area contributed by atoms with Gasteiger partial charge in [0.1, 0.15) is 0 Å². The van der Waals surface area contributed by atoms with Gasteiger partial charge in [-0.15, -0.1) is 0 Å². The van der Waals surface area contributed by atoms with Gasteiger partial charge >= 0.3 is 0 Å². The zero-order chi connectivity index (χ0) is 12.7. The minimum Gasteiger partial charge on any atom is -0.350 e. The van der Waals surface area contributed by atoms with Crippen LogP contribution in [0, 0.1) is 0 Å². The highest BCUT2D eigenvalue weighted by Crippen LogP contribution is 2.09. The Labute approximate surface area is 103 Å². The normalized spacial score (nSPS) is 12.5. The third-order valence-corrected chi connectivity index (χ3v) is 2.49. The van der Waals surface area contributed by atoms with E-state index in [0.29, 0.717) is 19.0 Å². The van der Waals surface area contributed by atoms with Crippen LogP contribution in [-0.2, 0) is 4.79 Å². The Morgan fingerprint density at radius 1 is 1.29 bits per heavy atom. The van der Waals surface area contributed by atoms with E-state index in [-0.39, 0.29) is 11.9 Å². The molecule has 0 bridgehead atoms. The fourth-order valence-corrected chi connectivity index (χ4v) is 1.52. The highest BCUT2D eigenvalue weighted by Gasteiger charge is 2.08. The molecule has 1 rings (SSSR count). The number of carbonyl (C=O) groups excluding carboxylic acids is 1. The Hall–Kier alpha value is -1.42. The van der Waals surface area contributed by atoms with E-state index in [1.807, 2.05) is 19.1 Å². The molecule has 0 radical (unpaired) electrons. The lowest BCUT2D eigenvalue weighted by atomic mass is 10.1. The van der Waals surface area contributed by atoms with E-state index in [0.717, 1.165) is 5.56 Å². The van der Waals surface area contributed by atoms with Gasteiger partial charge in [0.15, 0.2) is 0 Å². The van der Waals surface area contributed by atoms with Gasteiger partial charge in [0, 0.05) is 31.4 Å². The van der Waals surface area contributed by atoms with Gasteiger partial charge in [-0.1, -0.05) is 13.8 Å². The summed E-state index contributed by atoms with van der Waals surface area (Å²) in [5.41, 5.74) is 1.07. The summed E-state index contributed by atoms with van der Waals surface area (Å²) < 4.78 is 0. The summed E-state index contributed by atoms with van der Waals surface area (Å²) >= 11 is 0. The van der Waals surface area contributed by atoms with Crippen LogP contribution >= 0.6 is 0 Å². The van der Waals surface area contributed by atoms with Gasteiger partial charge in [-0.25, -0.2) is 0 Å². The molecule has 4 heteroatoms. The van der Waals surface area contributed by atoms with E-state index < -0.39 is 0 Å². The van der Waals surface area contributed by atoms with Gasteiger partial charge in [0.05, 0.1) is 6.04 Å². The molecule has 2 N–H and O–H groups in total. The number of amides is 1. The first-order valence-electron chi connectivity index (χ1n) is 6.02. The van der Waals surface area contributed by atoms with E-state index in [1.54, 1.807) is 12.4 Å². The summed E-state index contributed by atoms with van der Waals surface area (Å²) in [5, 5.41) is 6.18. The van der Waals surface area contributed by atoms with Crippen molar-refractivity contribution >= 4 is 5.91 Å². The second kappa shape index (κ2) is 7.01. The number of rotatable bonds is 6. The van der Waals surface area contributed by atoms with E-state index in [9.17, 15) is 4.79 Å². The van der Waals surface area contributed by atoms with Crippen molar-refractivity contribution in [3.63, 3.8) is 0 Å². The smallest absolute Gasteiger partial charge is 0.221 e. The first kappa shape index (κ1) is 13.6. The number of aromatic nitrogens is 1. The second-order valence-electron chi connectivity index (χ2n) is 4.43. The standard InChI is InChI=1S/C13H21N3O/c1-10(2)15-9-6-13(17)16-11(3)12-4-7-14-8-5-12/h4-5,7-8,10-11,15H,6,9H2,1-3H3,(H,16,17)/t11-/m1/s1. The third-order valence-electron chi connectivity index (χ3n) is 2.49. The zero-order valence-electron chi connectivity index (χ0n) is 10.7. The molecule has 17 heavy (non-hydrogen) atoms. The maximum Gasteiger partial charge on any atom is 0.221 e. The minimum atomic E-state index is 0.0320. The Morgan fingerprint density at radius 2 is 1.94 bits per heavy atom. The maximum absolute atomic E-state index is 11.6. The van der Waals surface area contributed by atoms with Crippen molar-refractivity contribution in [2.75, 3.05) is 6.54 Å². The van der Waals surface area contributed by atoms with Gasteiger partial charge in [-0.05, 0) is 24.6 Å². The lowest BCUT2D eigenvalue weighted by molar-refractivity contribution is -0.121. The van der Waals surface area contributed by atoms with Crippen LogP contribution in [0.5, 0.6) is 0 Å². The predicted molar refractivity (Wildman–Crippen MR) is 68.6 cm³/mol. The highest BCUT2D eigenvalue weighted by atomic mass is 16.1. The molecule has 0 aliphatic carbocycles. The number of hydrogen-bond donors (Lipinski definition) is 2. The number of pyridine rings is 1. The summed E-state index contributed by atoms with van der Waals surface area (Å²) in [7, 11) is 0. The van der Waals surface area contributed by atoms with Crippen LogP contribution in [0.15, 0.2) is 24.5 Å². The van der Waals surface area contributed by atoms with Gasteiger partial charge in [0.2, 0.25) is 5.91 Å². The van der Waals surface area contributed by atoms with E-state index in [2.05, 4.69) is 29.5 Å². The molecule has 94 valence electrons. The number of carbonyl (C=O) groups is 1. The van der Waals surface area contributed by atoms with Gasteiger partial charge in [0.25, 0.3) is 0 Å². The SMILES string of the molecule is CC(C)NCCC(=O)N[C@H](C)c1ccncc1. The zero-order valence-corrected chi connectivity index (χ0v) is 10.7. The van der Waals surface area contributed by atoms with Crippen LogP contribution in [0.4, 0.5) is 0 Å². The lowest BCUT2D eigenvalue weighted by Crippen LogP contribution is -2.31. The quantitative estimate of drug-likeness (QED) is 0.788. The topological polar surface area (TPSA) is 54.0 Å². The predicted octanol–water partition coefficient (Wildman–Crippen LogP) is 1.65. The van der Waals surface area contributed by atoms with Crippen LogP contribution in [0.1, 0.15) is 38.8 Å². The molecular weight excluding hydrogens is 214 g/mol. The molecule has 0 spiro atoms. The van der Waals surface area contributed by atoms with E-state index >= 15 is 0 Å². The fourth-order valence-electron chi connectivity index (χ4n) is 1.52. The summed E-state index contributed by atoms with van der Waals surface area (Å²) in [5.74, 6) is 0.0717. The molecule has 1 aromatic heterocycles. The van der Waals surface area contributed by atoms with Gasteiger partial charge in [-0.3, -0.25) is 9.78 Å². The van der Waals surface area contributed by atoms with Crippen LogP contribution < -0.4 is 10.6 Å². The van der Waals surface area contributed by atoms with Crippen LogP contribution in [0.3, 0.4) is 0 Å². The highest BCUT2D eigenvalue weighted by molar-refractivity contribution is 5.76. The largest absolute Gasteiger partial charge is 0.350 e. The Morgan fingerprint density at radius 3 is 2.53 bits per heavy atom. The first-order chi connectivity index (χ1) is 8.09.